The maximum absolute atomic E-state index is 6.02. The number of aryl methyl sites for hydroxylation is 3. The minimum Gasteiger partial charge on any atom is -0.497 e. The summed E-state index contributed by atoms with van der Waals surface area (Å²) in [6.45, 7) is 6.17. The van der Waals surface area contributed by atoms with E-state index >= 15 is 0 Å². The van der Waals surface area contributed by atoms with Gasteiger partial charge in [-0.1, -0.05) is 24.3 Å². The van der Waals surface area contributed by atoms with Crippen LogP contribution in [0.15, 0.2) is 66.7 Å². The van der Waals surface area contributed by atoms with Crippen LogP contribution in [-0.2, 0) is 13.2 Å². The number of ether oxygens (including phenoxy) is 3. The van der Waals surface area contributed by atoms with Crippen molar-refractivity contribution < 1.29 is 14.2 Å². The predicted molar refractivity (Wildman–Crippen MR) is 128 cm³/mol. The van der Waals surface area contributed by atoms with Crippen LogP contribution in [0.25, 0.3) is 11.0 Å². The number of aromatic nitrogens is 2. The van der Waals surface area contributed by atoms with E-state index in [0.717, 1.165) is 53.5 Å². The summed E-state index contributed by atoms with van der Waals surface area (Å²) in [4.78, 5) is 4.81. The van der Waals surface area contributed by atoms with Crippen LogP contribution in [0.1, 0.15) is 29.8 Å². The Bertz CT molecular complexity index is 1170. The summed E-state index contributed by atoms with van der Waals surface area (Å²) in [6.07, 6.45) is 1.97. The number of nitrogens with zero attached hydrogens (tertiary/aromatic N) is 2. The first-order valence-corrected chi connectivity index (χ1v) is 11.0. The van der Waals surface area contributed by atoms with Gasteiger partial charge in [0.25, 0.3) is 0 Å². The molecule has 0 aliphatic rings. The topological polar surface area (TPSA) is 45.5 Å². The average Bonchev–Trinajstić information content (AvgIpc) is 3.17. The Morgan fingerprint density at radius 1 is 0.844 bits per heavy atom. The molecule has 0 spiro atoms. The van der Waals surface area contributed by atoms with Gasteiger partial charge in [-0.15, -0.1) is 0 Å². The minimum atomic E-state index is 0.417. The Labute approximate surface area is 189 Å². The van der Waals surface area contributed by atoms with Gasteiger partial charge in [0.1, 0.15) is 29.7 Å². The Hall–Kier alpha value is -3.47. The number of hydrogen-bond donors (Lipinski definition) is 0. The molecule has 0 unspecified atom stereocenters. The second-order valence-electron chi connectivity index (χ2n) is 7.96. The van der Waals surface area contributed by atoms with Crippen molar-refractivity contribution >= 4 is 11.0 Å². The zero-order chi connectivity index (χ0) is 22.3. The highest BCUT2D eigenvalue weighted by atomic mass is 16.5. The van der Waals surface area contributed by atoms with Crippen molar-refractivity contribution in [2.24, 2.45) is 0 Å². The van der Waals surface area contributed by atoms with Crippen molar-refractivity contribution in [3.8, 4) is 17.2 Å². The van der Waals surface area contributed by atoms with Crippen molar-refractivity contribution in [2.45, 2.75) is 39.8 Å². The number of hydrogen-bond acceptors (Lipinski definition) is 4. The molecule has 0 aliphatic carbocycles. The molecule has 0 saturated heterocycles. The minimum absolute atomic E-state index is 0.417. The van der Waals surface area contributed by atoms with Gasteiger partial charge in [0.15, 0.2) is 0 Å². The van der Waals surface area contributed by atoms with Crippen LogP contribution in [0.5, 0.6) is 17.2 Å². The summed E-state index contributed by atoms with van der Waals surface area (Å²) in [7, 11) is 1.66. The first-order chi connectivity index (χ1) is 15.6. The van der Waals surface area contributed by atoms with Gasteiger partial charge in [0.05, 0.1) is 24.8 Å². The Kier molecular flexibility index (Phi) is 6.95. The van der Waals surface area contributed by atoms with E-state index in [1.165, 1.54) is 11.1 Å². The number of benzene rings is 3. The summed E-state index contributed by atoms with van der Waals surface area (Å²) in [5.74, 6) is 3.52. The normalized spacial score (nSPS) is 11.0. The molecule has 166 valence electrons. The van der Waals surface area contributed by atoms with Crippen LogP contribution in [-0.4, -0.2) is 23.3 Å². The second-order valence-corrected chi connectivity index (χ2v) is 7.96. The average molecular weight is 431 g/mol. The molecule has 0 atom stereocenters. The fraction of sp³-hybridized carbons (Fsp3) is 0.296. The van der Waals surface area contributed by atoms with E-state index in [9.17, 15) is 0 Å². The third kappa shape index (κ3) is 5.22. The molecule has 0 amide bonds. The van der Waals surface area contributed by atoms with E-state index in [2.05, 4.69) is 48.7 Å². The number of para-hydroxylation sites is 2. The standard InChI is InChI=1S/C27H30N2O3/c1-20-10-11-21(2)26(18-20)31-17-7-6-16-29-25-9-5-4-8-24(25)28-27(29)19-32-23-14-12-22(30-3)13-15-23/h4-5,8-15,18H,6-7,16-17,19H2,1-3H3. The summed E-state index contributed by atoms with van der Waals surface area (Å²) in [6, 6.07) is 22.2. The van der Waals surface area contributed by atoms with Gasteiger partial charge in [-0.05, 0) is 80.3 Å². The zero-order valence-corrected chi connectivity index (χ0v) is 19.0. The Morgan fingerprint density at radius 3 is 2.44 bits per heavy atom. The second kappa shape index (κ2) is 10.2. The molecule has 5 heteroatoms. The molecule has 0 saturated carbocycles. The molecule has 0 aliphatic heterocycles. The van der Waals surface area contributed by atoms with Crippen LogP contribution in [0.4, 0.5) is 0 Å². The van der Waals surface area contributed by atoms with Gasteiger partial charge in [0.2, 0.25) is 0 Å². The van der Waals surface area contributed by atoms with Gasteiger partial charge < -0.3 is 18.8 Å². The molecular formula is C27H30N2O3. The quantitative estimate of drug-likeness (QED) is 0.285. The monoisotopic (exact) mass is 430 g/mol. The fourth-order valence-electron chi connectivity index (χ4n) is 3.72. The SMILES string of the molecule is COc1ccc(OCc2nc3ccccc3n2CCCCOc2cc(C)ccc2C)cc1. The van der Waals surface area contributed by atoms with Crippen molar-refractivity contribution in [1.82, 2.24) is 9.55 Å². The Morgan fingerprint density at radius 2 is 1.62 bits per heavy atom. The smallest absolute Gasteiger partial charge is 0.147 e. The van der Waals surface area contributed by atoms with E-state index < -0.39 is 0 Å². The van der Waals surface area contributed by atoms with Gasteiger partial charge >= 0.3 is 0 Å². The number of fused-ring (bicyclic) bond motifs is 1. The van der Waals surface area contributed by atoms with Crippen LogP contribution in [0, 0.1) is 13.8 Å². The number of rotatable bonds is 10. The molecule has 0 N–H and O–H groups in total. The van der Waals surface area contributed by atoms with E-state index in [0.29, 0.717) is 13.2 Å². The first-order valence-electron chi connectivity index (χ1n) is 11.0. The van der Waals surface area contributed by atoms with Crippen LogP contribution >= 0.6 is 0 Å². The molecule has 32 heavy (non-hydrogen) atoms. The first kappa shape index (κ1) is 21.8. The van der Waals surface area contributed by atoms with Crippen LogP contribution in [0.2, 0.25) is 0 Å². The summed E-state index contributed by atoms with van der Waals surface area (Å²) in [5.41, 5.74) is 4.52. The van der Waals surface area contributed by atoms with Gasteiger partial charge in [-0.25, -0.2) is 4.98 Å². The predicted octanol–water partition coefficient (Wildman–Crippen LogP) is 6.10. The molecular weight excluding hydrogens is 400 g/mol. The van der Waals surface area contributed by atoms with Crippen LogP contribution in [0.3, 0.4) is 0 Å². The summed E-state index contributed by atoms with van der Waals surface area (Å²) >= 11 is 0. The lowest BCUT2D eigenvalue weighted by molar-refractivity contribution is 0.284. The molecule has 4 rings (SSSR count). The highest BCUT2D eigenvalue weighted by Gasteiger charge is 2.11. The molecule has 0 fully saturated rings. The fourth-order valence-corrected chi connectivity index (χ4v) is 3.72. The lowest BCUT2D eigenvalue weighted by Crippen LogP contribution is -2.09. The molecule has 3 aromatic carbocycles. The molecule has 1 aromatic heterocycles. The Balaban J connectivity index is 1.38. The van der Waals surface area contributed by atoms with Crippen molar-refractivity contribution in [1.29, 1.82) is 0 Å². The van der Waals surface area contributed by atoms with E-state index in [4.69, 9.17) is 19.2 Å². The number of imidazole rings is 1. The van der Waals surface area contributed by atoms with Crippen molar-refractivity contribution in [2.75, 3.05) is 13.7 Å². The molecule has 0 bridgehead atoms. The third-order valence-electron chi connectivity index (χ3n) is 5.54. The molecule has 5 nitrogen and oxygen atoms in total. The number of methoxy groups -OCH3 is 1. The van der Waals surface area contributed by atoms with Crippen molar-refractivity contribution in [3.63, 3.8) is 0 Å². The highest BCUT2D eigenvalue weighted by molar-refractivity contribution is 5.75. The lowest BCUT2D eigenvalue weighted by Gasteiger charge is -2.12. The highest BCUT2D eigenvalue weighted by Crippen LogP contribution is 2.22. The summed E-state index contributed by atoms with van der Waals surface area (Å²) < 4.78 is 19.5. The van der Waals surface area contributed by atoms with Gasteiger partial charge in [0, 0.05) is 6.54 Å². The summed E-state index contributed by atoms with van der Waals surface area (Å²) in [5, 5.41) is 0. The maximum Gasteiger partial charge on any atom is 0.147 e. The molecule has 1 heterocycles. The maximum atomic E-state index is 6.02. The van der Waals surface area contributed by atoms with E-state index in [1.54, 1.807) is 7.11 Å². The zero-order valence-electron chi connectivity index (χ0n) is 19.0. The molecule has 4 aromatic rings. The van der Waals surface area contributed by atoms with E-state index in [-0.39, 0.29) is 0 Å². The third-order valence-corrected chi connectivity index (χ3v) is 5.54. The van der Waals surface area contributed by atoms with Gasteiger partial charge in [-0.3, -0.25) is 0 Å². The number of unbranched alkanes of at least 4 members (excludes halogenated alkanes) is 1. The largest absolute Gasteiger partial charge is 0.497 e. The van der Waals surface area contributed by atoms with Crippen molar-refractivity contribution in [3.05, 3.63) is 83.7 Å². The molecule has 0 radical (unpaired) electrons. The van der Waals surface area contributed by atoms with E-state index in [1.807, 2.05) is 36.4 Å². The van der Waals surface area contributed by atoms with Gasteiger partial charge in [-0.2, -0.15) is 0 Å². The van der Waals surface area contributed by atoms with Crippen LogP contribution < -0.4 is 14.2 Å². The lowest BCUT2D eigenvalue weighted by atomic mass is 10.1.